The number of hydrogen-bond donors (Lipinski definition) is 2. The van der Waals surface area contributed by atoms with Gasteiger partial charge in [-0.15, -0.1) is 0 Å². The van der Waals surface area contributed by atoms with Gasteiger partial charge in [-0.1, -0.05) is 24.3 Å². The number of alkyl halides is 3. The number of hydrogen-bond acceptors (Lipinski definition) is 2. The maximum absolute atomic E-state index is 12.8. The molecule has 1 amide bonds. The van der Waals surface area contributed by atoms with Gasteiger partial charge in [-0.3, -0.25) is 4.79 Å². The Hall–Kier alpha value is -2.50. The molecule has 2 aromatic rings. The summed E-state index contributed by atoms with van der Waals surface area (Å²) in [4.78, 5) is 12.3. The standard InChI is InChI=1S/C21H23F3N2O/c22-21(23,24)17-6-4-5-16(13-17)20(27)26-19-11-9-15(10-12-19)14-25-18-7-2-1-3-8-18/h1-8,13,15,19,25H,9-12,14H2,(H,26,27). The van der Waals surface area contributed by atoms with Crippen LogP contribution in [0.4, 0.5) is 18.9 Å². The first-order valence-electron chi connectivity index (χ1n) is 9.19. The number of nitrogens with one attached hydrogen (secondary N) is 2. The molecule has 2 aromatic carbocycles. The van der Waals surface area contributed by atoms with Gasteiger partial charge in [0.05, 0.1) is 5.56 Å². The van der Waals surface area contributed by atoms with E-state index in [2.05, 4.69) is 10.6 Å². The lowest BCUT2D eigenvalue weighted by molar-refractivity contribution is -0.137. The van der Waals surface area contributed by atoms with E-state index < -0.39 is 17.6 Å². The van der Waals surface area contributed by atoms with Crippen molar-refractivity contribution in [2.24, 2.45) is 5.92 Å². The number of rotatable bonds is 5. The van der Waals surface area contributed by atoms with Crippen molar-refractivity contribution >= 4 is 11.6 Å². The minimum Gasteiger partial charge on any atom is -0.385 e. The van der Waals surface area contributed by atoms with Crippen molar-refractivity contribution in [1.29, 1.82) is 0 Å². The molecule has 0 aromatic heterocycles. The molecule has 3 rings (SSSR count). The molecule has 1 saturated carbocycles. The number of carbonyl (C=O) groups is 1. The van der Waals surface area contributed by atoms with Gasteiger partial charge in [0.25, 0.3) is 5.91 Å². The Labute approximate surface area is 157 Å². The van der Waals surface area contributed by atoms with Crippen LogP contribution in [0.2, 0.25) is 0 Å². The first-order valence-corrected chi connectivity index (χ1v) is 9.19. The summed E-state index contributed by atoms with van der Waals surface area (Å²) in [6.45, 7) is 0.887. The Balaban J connectivity index is 1.47. The first-order chi connectivity index (χ1) is 12.9. The molecule has 27 heavy (non-hydrogen) atoms. The molecule has 1 aliphatic carbocycles. The smallest absolute Gasteiger partial charge is 0.385 e. The Kier molecular flexibility index (Phi) is 6.04. The highest BCUT2D eigenvalue weighted by molar-refractivity contribution is 5.94. The van der Waals surface area contributed by atoms with Gasteiger partial charge in [-0.05, 0) is 61.9 Å². The molecule has 0 saturated heterocycles. The average molecular weight is 376 g/mol. The van der Waals surface area contributed by atoms with Crippen LogP contribution in [0.1, 0.15) is 41.6 Å². The highest BCUT2D eigenvalue weighted by atomic mass is 19.4. The summed E-state index contributed by atoms with van der Waals surface area (Å²) in [6.07, 6.45) is -0.807. The molecule has 0 aliphatic heterocycles. The summed E-state index contributed by atoms with van der Waals surface area (Å²) in [5.74, 6) is 0.0962. The third kappa shape index (κ3) is 5.49. The molecular weight excluding hydrogens is 353 g/mol. The molecule has 0 unspecified atom stereocenters. The van der Waals surface area contributed by atoms with E-state index in [1.165, 1.54) is 12.1 Å². The summed E-state index contributed by atoms with van der Waals surface area (Å²) >= 11 is 0. The quantitative estimate of drug-likeness (QED) is 0.762. The van der Waals surface area contributed by atoms with E-state index in [0.29, 0.717) is 5.92 Å². The van der Waals surface area contributed by atoms with Crippen molar-refractivity contribution in [1.82, 2.24) is 5.32 Å². The SMILES string of the molecule is O=C(NC1CCC(CNc2ccccc2)CC1)c1cccc(C(F)(F)F)c1. The van der Waals surface area contributed by atoms with Gasteiger partial charge in [-0.2, -0.15) is 13.2 Å². The Morgan fingerprint density at radius 3 is 2.33 bits per heavy atom. The van der Waals surface area contributed by atoms with Crippen molar-refractivity contribution in [2.75, 3.05) is 11.9 Å². The van der Waals surface area contributed by atoms with E-state index >= 15 is 0 Å². The molecule has 0 bridgehead atoms. The zero-order valence-corrected chi connectivity index (χ0v) is 14.9. The van der Waals surface area contributed by atoms with E-state index in [9.17, 15) is 18.0 Å². The highest BCUT2D eigenvalue weighted by Crippen LogP contribution is 2.30. The van der Waals surface area contributed by atoms with Crippen molar-refractivity contribution in [3.63, 3.8) is 0 Å². The maximum Gasteiger partial charge on any atom is 0.416 e. The molecule has 0 atom stereocenters. The van der Waals surface area contributed by atoms with Gasteiger partial charge in [-0.25, -0.2) is 0 Å². The third-order valence-corrected chi connectivity index (χ3v) is 5.00. The number of carbonyl (C=O) groups excluding carboxylic acids is 1. The van der Waals surface area contributed by atoms with Gasteiger partial charge in [0.2, 0.25) is 0 Å². The summed E-state index contributed by atoms with van der Waals surface area (Å²) in [5, 5.41) is 6.30. The van der Waals surface area contributed by atoms with E-state index in [4.69, 9.17) is 0 Å². The summed E-state index contributed by atoms with van der Waals surface area (Å²) in [5.41, 5.74) is 0.348. The van der Waals surface area contributed by atoms with Crippen molar-refractivity contribution in [3.8, 4) is 0 Å². The lowest BCUT2D eigenvalue weighted by Gasteiger charge is -2.29. The molecule has 2 N–H and O–H groups in total. The number of amides is 1. The second-order valence-corrected chi connectivity index (χ2v) is 7.02. The first kappa shape index (κ1) is 19.3. The van der Waals surface area contributed by atoms with Gasteiger partial charge >= 0.3 is 6.18 Å². The minimum absolute atomic E-state index is 0.0139. The largest absolute Gasteiger partial charge is 0.416 e. The van der Waals surface area contributed by atoms with Crippen LogP contribution in [0.25, 0.3) is 0 Å². The van der Waals surface area contributed by atoms with Crippen LogP contribution in [-0.4, -0.2) is 18.5 Å². The number of anilines is 1. The molecule has 0 spiro atoms. The number of benzene rings is 2. The molecular formula is C21H23F3N2O. The fraction of sp³-hybridized carbons (Fsp3) is 0.381. The molecule has 144 valence electrons. The van der Waals surface area contributed by atoms with E-state index in [1.807, 2.05) is 30.3 Å². The predicted octanol–water partition coefficient (Wildman–Crippen LogP) is 5.11. The predicted molar refractivity (Wildman–Crippen MR) is 99.6 cm³/mol. The average Bonchev–Trinajstić information content (AvgIpc) is 2.68. The lowest BCUT2D eigenvalue weighted by atomic mass is 9.86. The van der Waals surface area contributed by atoms with Gasteiger partial charge in [0.1, 0.15) is 0 Å². The van der Waals surface area contributed by atoms with Crippen LogP contribution >= 0.6 is 0 Å². The van der Waals surface area contributed by atoms with E-state index in [1.54, 1.807) is 0 Å². The van der Waals surface area contributed by atoms with Crippen LogP contribution in [0, 0.1) is 5.92 Å². The second-order valence-electron chi connectivity index (χ2n) is 7.02. The summed E-state index contributed by atoms with van der Waals surface area (Å²) in [6, 6.07) is 14.6. The summed E-state index contributed by atoms with van der Waals surface area (Å²) < 4.78 is 38.4. The third-order valence-electron chi connectivity index (χ3n) is 5.00. The van der Waals surface area contributed by atoms with E-state index in [-0.39, 0.29) is 11.6 Å². The highest BCUT2D eigenvalue weighted by Gasteiger charge is 2.31. The zero-order valence-electron chi connectivity index (χ0n) is 14.9. The van der Waals surface area contributed by atoms with Crippen LogP contribution in [0.3, 0.4) is 0 Å². The normalized spacial score (nSPS) is 20.1. The van der Waals surface area contributed by atoms with Crippen LogP contribution < -0.4 is 10.6 Å². The van der Waals surface area contributed by atoms with Crippen molar-refractivity contribution in [3.05, 3.63) is 65.7 Å². The molecule has 1 fully saturated rings. The monoisotopic (exact) mass is 376 g/mol. The second kappa shape index (κ2) is 8.46. The van der Waals surface area contributed by atoms with Crippen LogP contribution in [0.5, 0.6) is 0 Å². The van der Waals surface area contributed by atoms with Gasteiger partial charge in [0.15, 0.2) is 0 Å². The Morgan fingerprint density at radius 1 is 0.963 bits per heavy atom. The van der Waals surface area contributed by atoms with E-state index in [0.717, 1.165) is 50.0 Å². The molecule has 6 heteroatoms. The minimum atomic E-state index is -4.44. The fourth-order valence-electron chi connectivity index (χ4n) is 3.43. The van der Waals surface area contributed by atoms with Crippen LogP contribution in [-0.2, 0) is 6.18 Å². The zero-order chi connectivity index (χ0) is 19.3. The fourth-order valence-corrected chi connectivity index (χ4v) is 3.43. The maximum atomic E-state index is 12.8. The van der Waals surface area contributed by atoms with Crippen molar-refractivity contribution in [2.45, 2.75) is 37.9 Å². The molecule has 0 radical (unpaired) electrons. The lowest BCUT2D eigenvalue weighted by Crippen LogP contribution is -2.38. The van der Waals surface area contributed by atoms with Crippen LogP contribution in [0.15, 0.2) is 54.6 Å². The number of halogens is 3. The molecule has 1 aliphatic rings. The summed E-state index contributed by atoms with van der Waals surface area (Å²) in [7, 11) is 0. The van der Waals surface area contributed by atoms with Gasteiger partial charge in [0, 0.05) is 23.8 Å². The Bertz CT molecular complexity index is 754. The topological polar surface area (TPSA) is 41.1 Å². The Morgan fingerprint density at radius 2 is 1.67 bits per heavy atom. The van der Waals surface area contributed by atoms with Gasteiger partial charge < -0.3 is 10.6 Å². The number of para-hydroxylation sites is 1. The molecule has 3 nitrogen and oxygen atoms in total. The van der Waals surface area contributed by atoms with Crippen molar-refractivity contribution < 1.29 is 18.0 Å². The molecule has 0 heterocycles.